The molecule has 4 rings (SSSR count). The van der Waals surface area contributed by atoms with Crippen molar-refractivity contribution in [2.75, 3.05) is 12.1 Å². The fraction of sp³-hybridized carbons (Fsp3) is 0.238. The lowest BCUT2D eigenvalue weighted by molar-refractivity contribution is -0.115. The van der Waals surface area contributed by atoms with Crippen molar-refractivity contribution in [1.29, 1.82) is 0 Å². The lowest BCUT2D eigenvalue weighted by Crippen LogP contribution is -2.14. The third-order valence-corrected chi connectivity index (χ3v) is 5.19. The predicted molar refractivity (Wildman–Crippen MR) is 107 cm³/mol. The molecule has 1 aliphatic rings. The second kappa shape index (κ2) is 7.40. The smallest absolute Gasteiger partial charge is 0.231 e. The molecule has 1 amide bonds. The van der Waals surface area contributed by atoms with Gasteiger partial charge in [0.25, 0.3) is 0 Å². The minimum absolute atomic E-state index is 0.0705. The first-order valence-corrected chi connectivity index (χ1v) is 9.70. The zero-order chi connectivity index (χ0) is 18.8. The van der Waals surface area contributed by atoms with E-state index in [0.717, 1.165) is 28.3 Å². The van der Waals surface area contributed by atoms with Gasteiger partial charge in [-0.2, -0.15) is 0 Å². The number of nitrogens with one attached hydrogen (secondary N) is 1. The van der Waals surface area contributed by atoms with E-state index in [1.807, 2.05) is 35.7 Å². The SMILES string of the molecule is CC(C)c1ccc(CC(=O)Nc2nc(-c3ccc4c(c3)OCO4)cs2)cc1. The van der Waals surface area contributed by atoms with Crippen LogP contribution in [-0.2, 0) is 11.2 Å². The maximum atomic E-state index is 12.3. The highest BCUT2D eigenvalue weighted by Crippen LogP contribution is 2.36. The van der Waals surface area contributed by atoms with Crippen LogP contribution >= 0.6 is 11.3 Å². The number of ether oxygens (including phenoxy) is 2. The fourth-order valence-electron chi connectivity index (χ4n) is 2.89. The van der Waals surface area contributed by atoms with Crippen LogP contribution in [0.15, 0.2) is 47.8 Å². The Morgan fingerprint density at radius 2 is 1.93 bits per heavy atom. The van der Waals surface area contributed by atoms with E-state index >= 15 is 0 Å². The van der Waals surface area contributed by atoms with Gasteiger partial charge in [-0.05, 0) is 35.2 Å². The first kappa shape index (κ1) is 17.5. The number of amides is 1. The molecular weight excluding hydrogens is 360 g/mol. The molecule has 0 unspecified atom stereocenters. The number of thiazole rings is 1. The summed E-state index contributed by atoms with van der Waals surface area (Å²) >= 11 is 1.41. The van der Waals surface area contributed by atoms with Crippen LogP contribution in [-0.4, -0.2) is 17.7 Å². The number of hydrogen-bond acceptors (Lipinski definition) is 5. The van der Waals surface area contributed by atoms with Gasteiger partial charge < -0.3 is 14.8 Å². The highest BCUT2D eigenvalue weighted by Gasteiger charge is 2.15. The second-order valence-corrected chi connectivity index (χ2v) is 7.59. The van der Waals surface area contributed by atoms with Crippen LogP contribution in [0.1, 0.15) is 30.9 Å². The summed E-state index contributed by atoms with van der Waals surface area (Å²) in [6.45, 7) is 4.55. The summed E-state index contributed by atoms with van der Waals surface area (Å²) in [7, 11) is 0. The van der Waals surface area contributed by atoms with E-state index in [9.17, 15) is 4.79 Å². The van der Waals surface area contributed by atoms with Crippen LogP contribution in [0.2, 0.25) is 0 Å². The molecule has 0 radical (unpaired) electrons. The van der Waals surface area contributed by atoms with Crippen molar-refractivity contribution in [3.05, 3.63) is 59.0 Å². The molecule has 0 spiro atoms. The van der Waals surface area contributed by atoms with Crippen molar-refractivity contribution in [2.45, 2.75) is 26.2 Å². The Morgan fingerprint density at radius 3 is 2.70 bits per heavy atom. The Bertz CT molecular complexity index is 964. The molecular formula is C21H20N2O3S. The lowest BCUT2D eigenvalue weighted by Gasteiger charge is -2.06. The summed E-state index contributed by atoms with van der Waals surface area (Å²) in [5.41, 5.74) is 3.99. The molecule has 0 saturated carbocycles. The van der Waals surface area contributed by atoms with E-state index in [4.69, 9.17) is 9.47 Å². The third-order valence-electron chi connectivity index (χ3n) is 4.43. The number of aromatic nitrogens is 1. The Labute approximate surface area is 162 Å². The number of nitrogens with zero attached hydrogens (tertiary/aromatic N) is 1. The summed E-state index contributed by atoms with van der Waals surface area (Å²) in [5.74, 6) is 1.87. The van der Waals surface area contributed by atoms with Gasteiger partial charge in [0, 0.05) is 10.9 Å². The van der Waals surface area contributed by atoms with Gasteiger partial charge in [-0.25, -0.2) is 4.98 Å². The third kappa shape index (κ3) is 3.95. The Kier molecular flexibility index (Phi) is 4.81. The summed E-state index contributed by atoms with van der Waals surface area (Å²) < 4.78 is 10.7. The van der Waals surface area contributed by atoms with Crippen LogP contribution < -0.4 is 14.8 Å². The Morgan fingerprint density at radius 1 is 1.15 bits per heavy atom. The molecule has 0 aliphatic carbocycles. The van der Waals surface area contributed by atoms with Gasteiger partial charge >= 0.3 is 0 Å². The summed E-state index contributed by atoms with van der Waals surface area (Å²) in [6.07, 6.45) is 0.331. The van der Waals surface area contributed by atoms with E-state index < -0.39 is 0 Å². The number of anilines is 1. The highest BCUT2D eigenvalue weighted by molar-refractivity contribution is 7.14. The molecule has 0 bridgehead atoms. The zero-order valence-electron chi connectivity index (χ0n) is 15.2. The molecule has 0 atom stereocenters. The van der Waals surface area contributed by atoms with Gasteiger partial charge in [-0.15, -0.1) is 11.3 Å². The average Bonchev–Trinajstić information content (AvgIpc) is 3.30. The summed E-state index contributed by atoms with van der Waals surface area (Å²) in [5, 5.41) is 5.39. The van der Waals surface area contributed by atoms with Gasteiger partial charge in [-0.1, -0.05) is 38.1 Å². The molecule has 2 heterocycles. The lowest BCUT2D eigenvalue weighted by atomic mass is 10.0. The fourth-order valence-corrected chi connectivity index (χ4v) is 3.62. The maximum absolute atomic E-state index is 12.3. The minimum Gasteiger partial charge on any atom is -0.454 e. The molecule has 3 aromatic rings. The number of carbonyl (C=O) groups is 1. The number of fused-ring (bicyclic) bond motifs is 1. The normalized spacial score (nSPS) is 12.4. The van der Waals surface area contributed by atoms with Crippen molar-refractivity contribution in [1.82, 2.24) is 4.98 Å². The molecule has 27 heavy (non-hydrogen) atoms. The predicted octanol–water partition coefficient (Wildman–Crippen LogP) is 4.84. The van der Waals surface area contributed by atoms with Crippen LogP contribution in [0, 0.1) is 0 Å². The molecule has 1 aliphatic heterocycles. The van der Waals surface area contributed by atoms with Gasteiger partial charge in [-0.3, -0.25) is 4.79 Å². The van der Waals surface area contributed by atoms with Crippen LogP contribution in [0.25, 0.3) is 11.3 Å². The zero-order valence-corrected chi connectivity index (χ0v) is 16.0. The van der Waals surface area contributed by atoms with E-state index in [1.165, 1.54) is 16.9 Å². The van der Waals surface area contributed by atoms with Gasteiger partial charge in [0.15, 0.2) is 16.6 Å². The molecule has 6 heteroatoms. The van der Waals surface area contributed by atoms with Crippen molar-refractivity contribution in [3.63, 3.8) is 0 Å². The van der Waals surface area contributed by atoms with Crippen molar-refractivity contribution >= 4 is 22.4 Å². The molecule has 1 N–H and O–H groups in total. The largest absolute Gasteiger partial charge is 0.454 e. The minimum atomic E-state index is -0.0705. The van der Waals surface area contributed by atoms with E-state index in [2.05, 4.69) is 36.3 Å². The van der Waals surface area contributed by atoms with E-state index in [0.29, 0.717) is 17.5 Å². The number of carbonyl (C=O) groups excluding carboxylic acids is 1. The molecule has 138 valence electrons. The molecule has 0 fully saturated rings. The molecule has 2 aromatic carbocycles. The van der Waals surface area contributed by atoms with Crippen LogP contribution in [0.4, 0.5) is 5.13 Å². The second-order valence-electron chi connectivity index (χ2n) is 6.73. The van der Waals surface area contributed by atoms with Crippen LogP contribution in [0.3, 0.4) is 0 Å². The topological polar surface area (TPSA) is 60.5 Å². The molecule has 5 nitrogen and oxygen atoms in total. The summed E-state index contributed by atoms with van der Waals surface area (Å²) in [6, 6.07) is 13.9. The maximum Gasteiger partial charge on any atom is 0.231 e. The van der Waals surface area contributed by atoms with Crippen LogP contribution in [0.5, 0.6) is 11.5 Å². The summed E-state index contributed by atoms with van der Waals surface area (Å²) in [4.78, 5) is 16.8. The van der Waals surface area contributed by atoms with Gasteiger partial charge in [0.2, 0.25) is 12.7 Å². The number of hydrogen-bond donors (Lipinski definition) is 1. The molecule has 1 aromatic heterocycles. The first-order chi connectivity index (χ1) is 13.1. The highest BCUT2D eigenvalue weighted by atomic mass is 32.1. The molecule has 0 saturated heterocycles. The standard InChI is InChI=1S/C21H20N2O3S/c1-13(2)15-5-3-14(4-6-15)9-20(24)23-21-22-17(11-27-21)16-7-8-18-19(10-16)26-12-25-18/h3-8,10-11,13H,9,12H2,1-2H3,(H,22,23,24). The van der Waals surface area contributed by atoms with E-state index in [-0.39, 0.29) is 12.7 Å². The monoisotopic (exact) mass is 380 g/mol. The first-order valence-electron chi connectivity index (χ1n) is 8.83. The average molecular weight is 380 g/mol. The quantitative estimate of drug-likeness (QED) is 0.688. The van der Waals surface area contributed by atoms with Gasteiger partial charge in [0.1, 0.15) is 0 Å². The van der Waals surface area contributed by atoms with E-state index in [1.54, 1.807) is 0 Å². The number of benzene rings is 2. The van der Waals surface area contributed by atoms with Crippen molar-refractivity contribution in [3.8, 4) is 22.8 Å². The van der Waals surface area contributed by atoms with Crippen molar-refractivity contribution in [2.24, 2.45) is 0 Å². The van der Waals surface area contributed by atoms with Gasteiger partial charge in [0.05, 0.1) is 12.1 Å². The number of rotatable bonds is 5. The Hall–Kier alpha value is -2.86. The van der Waals surface area contributed by atoms with Crippen molar-refractivity contribution < 1.29 is 14.3 Å². The Balaban J connectivity index is 1.41.